The van der Waals surface area contributed by atoms with Crippen LogP contribution in [0.1, 0.15) is 16.7 Å². The second-order valence-electron chi connectivity index (χ2n) is 4.80. The van der Waals surface area contributed by atoms with Crippen LogP contribution in [0.2, 0.25) is 0 Å². The third-order valence-electron chi connectivity index (χ3n) is 3.10. The number of nitrogens with one attached hydrogen (secondary N) is 2. The number of benzene rings is 2. The predicted molar refractivity (Wildman–Crippen MR) is 82.9 cm³/mol. The van der Waals surface area contributed by atoms with Gasteiger partial charge in [0, 0.05) is 17.9 Å². The van der Waals surface area contributed by atoms with Gasteiger partial charge in [0.2, 0.25) is 0 Å². The van der Waals surface area contributed by atoms with Crippen LogP contribution in [0.3, 0.4) is 0 Å². The minimum Gasteiger partial charge on any atom is -0.326 e. The smallest absolute Gasteiger partial charge is 0.323 e. The summed E-state index contributed by atoms with van der Waals surface area (Å²) in [4.78, 5) is 12.0. The largest absolute Gasteiger partial charge is 0.326 e. The lowest BCUT2D eigenvalue weighted by molar-refractivity contribution is 0.262. The summed E-state index contributed by atoms with van der Waals surface area (Å²) >= 11 is 0. The van der Waals surface area contributed by atoms with Crippen molar-refractivity contribution < 1.29 is 4.79 Å². The van der Waals surface area contributed by atoms with Gasteiger partial charge in [-0.1, -0.05) is 29.8 Å². The standard InChI is InChI=1S/C16H19N3O/c1-11-3-7-14(8-4-11)18-16(20)19-15-9-13(10-17)6-5-12(15)2/h3-9H,10,17H2,1-2H3,(H2,18,19,20). The molecule has 20 heavy (non-hydrogen) atoms. The third kappa shape index (κ3) is 3.59. The van der Waals surface area contributed by atoms with Gasteiger partial charge in [0.05, 0.1) is 0 Å². The number of carbonyl (C=O) groups excluding carboxylic acids is 1. The second kappa shape index (κ2) is 6.21. The van der Waals surface area contributed by atoms with Crippen LogP contribution in [0.5, 0.6) is 0 Å². The highest BCUT2D eigenvalue weighted by atomic mass is 16.2. The molecule has 2 amide bonds. The first-order valence-electron chi connectivity index (χ1n) is 6.53. The molecule has 104 valence electrons. The minimum atomic E-state index is -0.258. The molecule has 0 atom stereocenters. The molecule has 0 aliphatic carbocycles. The Balaban J connectivity index is 2.06. The van der Waals surface area contributed by atoms with E-state index in [4.69, 9.17) is 5.73 Å². The Kier molecular flexibility index (Phi) is 4.38. The zero-order chi connectivity index (χ0) is 14.5. The fourth-order valence-electron chi connectivity index (χ4n) is 1.85. The van der Waals surface area contributed by atoms with E-state index in [1.807, 2.05) is 56.3 Å². The van der Waals surface area contributed by atoms with Gasteiger partial charge in [-0.05, 0) is 43.2 Å². The van der Waals surface area contributed by atoms with E-state index in [9.17, 15) is 4.79 Å². The highest BCUT2D eigenvalue weighted by molar-refractivity contribution is 6.00. The van der Waals surface area contributed by atoms with E-state index in [1.165, 1.54) is 0 Å². The van der Waals surface area contributed by atoms with Crippen molar-refractivity contribution >= 4 is 17.4 Å². The lowest BCUT2D eigenvalue weighted by Crippen LogP contribution is -2.20. The van der Waals surface area contributed by atoms with E-state index in [1.54, 1.807) is 0 Å². The number of amides is 2. The molecular formula is C16H19N3O. The lowest BCUT2D eigenvalue weighted by Gasteiger charge is -2.11. The van der Waals surface area contributed by atoms with Crippen molar-refractivity contribution in [2.75, 3.05) is 10.6 Å². The molecule has 0 aromatic heterocycles. The number of hydrogen-bond acceptors (Lipinski definition) is 2. The van der Waals surface area contributed by atoms with E-state index in [0.29, 0.717) is 6.54 Å². The summed E-state index contributed by atoms with van der Waals surface area (Å²) in [6.07, 6.45) is 0. The molecule has 0 unspecified atom stereocenters. The normalized spacial score (nSPS) is 10.2. The zero-order valence-electron chi connectivity index (χ0n) is 11.7. The summed E-state index contributed by atoms with van der Waals surface area (Å²) in [5, 5.41) is 5.64. The monoisotopic (exact) mass is 269 g/mol. The molecule has 0 aliphatic rings. The first kappa shape index (κ1) is 14.1. The van der Waals surface area contributed by atoms with Gasteiger partial charge < -0.3 is 16.4 Å². The van der Waals surface area contributed by atoms with Gasteiger partial charge in [-0.3, -0.25) is 0 Å². The van der Waals surface area contributed by atoms with Gasteiger partial charge in [-0.15, -0.1) is 0 Å². The molecule has 0 fully saturated rings. The molecule has 2 rings (SSSR count). The Labute approximate surface area is 119 Å². The van der Waals surface area contributed by atoms with Gasteiger partial charge in [-0.2, -0.15) is 0 Å². The van der Waals surface area contributed by atoms with Crippen LogP contribution in [0.4, 0.5) is 16.2 Å². The number of rotatable bonds is 3. The van der Waals surface area contributed by atoms with Crippen LogP contribution >= 0.6 is 0 Å². The maximum Gasteiger partial charge on any atom is 0.323 e. The summed E-state index contributed by atoms with van der Waals surface area (Å²) in [5.74, 6) is 0. The Morgan fingerprint density at radius 3 is 2.40 bits per heavy atom. The molecule has 4 nitrogen and oxygen atoms in total. The molecule has 0 saturated carbocycles. The summed E-state index contributed by atoms with van der Waals surface area (Å²) in [6, 6.07) is 13.2. The van der Waals surface area contributed by atoms with Crippen LogP contribution < -0.4 is 16.4 Å². The SMILES string of the molecule is Cc1ccc(NC(=O)Nc2cc(CN)ccc2C)cc1. The maximum absolute atomic E-state index is 12.0. The van der Waals surface area contributed by atoms with Gasteiger partial charge in [0.1, 0.15) is 0 Å². The van der Waals surface area contributed by atoms with Crippen LogP contribution in [-0.4, -0.2) is 6.03 Å². The highest BCUT2D eigenvalue weighted by Crippen LogP contribution is 2.17. The van der Waals surface area contributed by atoms with E-state index in [0.717, 1.165) is 28.1 Å². The molecular weight excluding hydrogens is 250 g/mol. The van der Waals surface area contributed by atoms with Crippen LogP contribution in [0, 0.1) is 13.8 Å². The number of nitrogens with two attached hydrogens (primary N) is 1. The van der Waals surface area contributed by atoms with Gasteiger partial charge in [0.15, 0.2) is 0 Å². The van der Waals surface area contributed by atoms with Gasteiger partial charge in [0.25, 0.3) is 0 Å². The summed E-state index contributed by atoms with van der Waals surface area (Å²) in [5.41, 5.74) is 10.3. The number of hydrogen-bond donors (Lipinski definition) is 3. The summed E-state index contributed by atoms with van der Waals surface area (Å²) in [6.45, 7) is 4.40. The molecule has 4 heteroatoms. The second-order valence-corrected chi connectivity index (χ2v) is 4.80. The van der Waals surface area contributed by atoms with Crippen molar-refractivity contribution in [2.45, 2.75) is 20.4 Å². The van der Waals surface area contributed by atoms with Crippen molar-refractivity contribution in [2.24, 2.45) is 5.73 Å². The van der Waals surface area contributed by atoms with Crippen LogP contribution in [-0.2, 0) is 6.54 Å². The Morgan fingerprint density at radius 1 is 1.05 bits per heavy atom. The summed E-state index contributed by atoms with van der Waals surface area (Å²) in [7, 11) is 0. The van der Waals surface area contributed by atoms with Gasteiger partial charge >= 0.3 is 6.03 Å². The van der Waals surface area contributed by atoms with Crippen LogP contribution in [0.25, 0.3) is 0 Å². The Bertz CT molecular complexity index is 606. The molecule has 0 aliphatic heterocycles. The quantitative estimate of drug-likeness (QED) is 0.799. The fraction of sp³-hybridized carbons (Fsp3) is 0.188. The first-order valence-corrected chi connectivity index (χ1v) is 6.53. The Hall–Kier alpha value is -2.33. The van der Waals surface area contributed by atoms with Gasteiger partial charge in [-0.25, -0.2) is 4.79 Å². The number of aryl methyl sites for hydroxylation is 2. The predicted octanol–water partition coefficient (Wildman–Crippen LogP) is 3.41. The van der Waals surface area contributed by atoms with Crippen molar-refractivity contribution in [3.8, 4) is 0 Å². The van der Waals surface area contributed by atoms with E-state index in [-0.39, 0.29) is 6.03 Å². The third-order valence-corrected chi connectivity index (χ3v) is 3.10. The zero-order valence-corrected chi connectivity index (χ0v) is 11.7. The molecule has 4 N–H and O–H groups in total. The summed E-state index contributed by atoms with van der Waals surface area (Å²) < 4.78 is 0. The van der Waals surface area contributed by atoms with E-state index in [2.05, 4.69) is 10.6 Å². The van der Waals surface area contributed by atoms with E-state index >= 15 is 0 Å². The molecule has 2 aromatic rings. The lowest BCUT2D eigenvalue weighted by atomic mass is 10.1. The molecule has 0 heterocycles. The molecule has 0 spiro atoms. The minimum absolute atomic E-state index is 0.258. The average molecular weight is 269 g/mol. The highest BCUT2D eigenvalue weighted by Gasteiger charge is 2.05. The van der Waals surface area contributed by atoms with Crippen molar-refractivity contribution in [3.05, 3.63) is 59.2 Å². The maximum atomic E-state index is 12.0. The van der Waals surface area contributed by atoms with Crippen molar-refractivity contribution in [1.82, 2.24) is 0 Å². The molecule has 0 saturated heterocycles. The van der Waals surface area contributed by atoms with Crippen LogP contribution in [0.15, 0.2) is 42.5 Å². The first-order chi connectivity index (χ1) is 9.58. The number of anilines is 2. The van der Waals surface area contributed by atoms with Crippen molar-refractivity contribution in [1.29, 1.82) is 0 Å². The molecule has 0 radical (unpaired) electrons. The number of urea groups is 1. The number of carbonyl (C=O) groups is 1. The fourth-order valence-corrected chi connectivity index (χ4v) is 1.85. The topological polar surface area (TPSA) is 67.2 Å². The molecule has 0 bridgehead atoms. The average Bonchev–Trinajstić information content (AvgIpc) is 2.44. The Morgan fingerprint density at radius 2 is 1.75 bits per heavy atom. The van der Waals surface area contributed by atoms with Crippen molar-refractivity contribution in [3.63, 3.8) is 0 Å². The molecule has 2 aromatic carbocycles. The van der Waals surface area contributed by atoms with E-state index < -0.39 is 0 Å².